The van der Waals surface area contributed by atoms with E-state index in [1.54, 1.807) is 0 Å². The van der Waals surface area contributed by atoms with Crippen LogP contribution in [0.2, 0.25) is 0 Å². The van der Waals surface area contributed by atoms with E-state index in [0.717, 1.165) is 17.8 Å². The van der Waals surface area contributed by atoms with Crippen molar-refractivity contribution in [2.45, 2.75) is 26.4 Å². The molecule has 0 aliphatic heterocycles. The number of nitrogens with two attached hydrogens (primary N) is 1. The van der Waals surface area contributed by atoms with Gasteiger partial charge in [-0.1, -0.05) is 12.1 Å². The maximum absolute atomic E-state index is 7.43. The molecule has 0 saturated carbocycles. The Hall–Kier alpha value is -1.55. The van der Waals surface area contributed by atoms with Crippen LogP contribution in [-0.4, -0.2) is 31.6 Å². The van der Waals surface area contributed by atoms with Gasteiger partial charge in [0.2, 0.25) is 0 Å². The molecule has 1 rings (SSSR count). The van der Waals surface area contributed by atoms with Crippen LogP contribution in [0.4, 0.5) is 5.69 Å². The molecule has 4 nitrogen and oxygen atoms in total. The molecule has 1 aromatic rings. The van der Waals surface area contributed by atoms with Crippen LogP contribution in [0.15, 0.2) is 24.3 Å². The highest BCUT2D eigenvalue weighted by Crippen LogP contribution is 2.15. The van der Waals surface area contributed by atoms with Crippen LogP contribution in [0.1, 0.15) is 26.3 Å². The summed E-state index contributed by atoms with van der Waals surface area (Å²) >= 11 is 0. The Labute approximate surface area is 109 Å². The van der Waals surface area contributed by atoms with Gasteiger partial charge < -0.3 is 15.4 Å². The number of rotatable bonds is 5. The van der Waals surface area contributed by atoms with Gasteiger partial charge in [-0.25, -0.2) is 0 Å². The predicted molar refractivity (Wildman–Crippen MR) is 76.4 cm³/mol. The Morgan fingerprint density at radius 3 is 2.61 bits per heavy atom. The van der Waals surface area contributed by atoms with E-state index >= 15 is 0 Å². The molecule has 0 heterocycles. The zero-order chi connectivity index (χ0) is 13.8. The molecule has 0 aliphatic rings. The number of hydrogen-bond donors (Lipinski definition) is 2. The smallest absolute Gasteiger partial charge is 0.122 e. The summed E-state index contributed by atoms with van der Waals surface area (Å²) in [4.78, 5) is 2.10. The highest BCUT2D eigenvalue weighted by Gasteiger charge is 2.10. The Balaban J connectivity index is 2.59. The largest absolute Gasteiger partial charge is 0.384 e. The van der Waals surface area contributed by atoms with E-state index in [1.165, 1.54) is 0 Å². The molecule has 0 amide bonds. The van der Waals surface area contributed by atoms with Gasteiger partial charge in [-0.05, 0) is 32.9 Å². The summed E-state index contributed by atoms with van der Waals surface area (Å²) in [6, 6.07) is 7.67. The Morgan fingerprint density at radius 1 is 1.39 bits per heavy atom. The van der Waals surface area contributed by atoms with Gasteiger partial charge in [0.1, 0.15) is 5.84 Å². The number of benzene rings is 1. The van der Waals surface area contributed by atoms with Crippen LogP contribution in [0, 0.1) is 5.41 Å². The van der Waals surface area contributed by atoms with E-state index in [9.17, 15) is 0 Å². The number of nitrogens with zero attached hydrogens (tertiary/aromatic N) is 1. The van der Waals surface area contributed by atoms with Gasteiger partial charge in [-0.15, -0.1) is 0 Å². The maximum atomic E-state index is 7.43. The van der Waals surface area contributed by atoms with E-state index in [0.29, 0.717) is 6.61 Å². The van der Waals surface area contributed by atoms with Crippen molar-refractivity contribution in [2.24, 2.45) is 5.73 Å². The minimum Gasteiger partial charge on any atom is -0.384 e. The summed E-state index contributed by atoms with van der Waals surface area (Å²) in [6.45, 7) is 7.61. The van der Waals surface area contributed by atoms with Gasteiger partial charge in [0.25, 0.3) is 0 Å². The third-order valence-corrected chi connectivity index (χ3v) is 2.56. The molecule has 0 atom stereocenters. The van der Waals surface area contributed by atoms with Crippen LogP contribution < -0.4 is 10.6 Å². The fraction of sp³-hybridized carbons (Fsp3) is 0.500. The Kier molecular flexibility index (Phi) is 4.73. The molecule has 100 valence electrons. The molecule has 4 heteroatoms. The number of likely N-dealkylation sites (N-methyl/N-ethyl adjacent to an activating group) is 1. The topological polar surface area (TPSA) is 62.3 Å². The lowest BCUT2D eigenvalue weighted by atomic mass is 10.2. The van der Waals surface area contributed by atoms with Crippen LogP contribution in [0.5, 0.6) is 0 Å². The van der Waals surface area contributed by atoms with Gasteiger partial charge in [-0.2, -0.15) is 0 Å². The predicted octanol–water partition coefficient (Wildman–Crippen LogP) is 2.22. The Morgan fingerprint density at radius 2 is 2.06 bits per heavy atom. The van der Waals surface area contributed by atoms with E-state index in [2.05, 4.69) is 4.90 Å². The van der Waals surface area contributed by atoms with Crippen LogP contribution in [0.3, 0.4) is 0 Å². The van der Waals surface area contributed by atoms with Crippen molar-refractivity contribution in [2.75, 3.05) is 25.1 Å². The highest BCUT2D eigenvalue weighted by atomic mass is 16.5. The number of anilines is 1. The number of hydrogen-bond acceptors (Lipinski definition) is 3. The Bertz CT molecular complexity index is 410. The molecule has 0 radical (unpaired) electrons. The molecule has 3 N–H and O–H groups in total. The van der Waals surface area contributed by atoms with Crippen molar-refractivity contribution >= 4 is 11.5 Å². The van der Waals surface area contributed by atoms with Gasteiger partial charge in [0, 0.05) is 24.8 Å². The van der Waals surface area contributed by atoms with Crippen molar-refractivity contribution in [3.8, 4) is 0 Å². The monoisotopic (exact) mass is 249 g/mol. The molecule has 18 heavy (non-hydrogen) atoms. The minimum atomic E-state index is -0.109. The van der Waals surface area contributed by atoms with Crippen LogP contribution in [0.25, 0.3) is 0 Å². The fourth-order valence-corrected chi connectivity index (χ4v) is 1.53. The zero-order valence-corrected chi connectivity index (χ0v) is 11.7. The molecule has 0 saturated heterocycles. The average Bonchev–Trinajstić information content (AvgIpc) is 2.27. The first-order valence-corrected chi connectivity index (χ1v) is 6.09. The minimum absolute atomic E-state index is 0.0937. The van der Waals surface area contributed by atoms with Crippen molar-refractivity contribution in [1.29, 1.82) is 5.41 Å². The van der Waals surface area contributed by atoms with Gasteiger partial charge in [0.15, 0.2) is 0 Å². The van der Waals surface area contributed by atoms with E-state index < -0.39 is 0 Å². The summed E-state index contributed by atoms with van der Waals surface area (Å²) in [7, 11) is 2.01. The van der Waals surface area contributed by atoms with Gasteiger partial charge in [-0.3, -0.25) is 5.41 Å². The van der Waals surface area contributed by atoms with Crippen molar-refractivity contribution in [3.63, 3.8) is 0 Å². The lowest BCUT2D eigenvalue weighted by Crippen LogP contribution is -2.28. The number of nitrogen functional groups attached to an aromatic ring is 1. The molecule has 0 aliphatic carbocycles. The van der Waals surface area contributed by atoms with E-state index in [4.69, 9.17) is 15.9 Å². The van der Waals surface area contributed by atoms with E-state index in [-0.39, 0.29) is 11.4 Å². The molecular weight excluding hydrogens is 226 g/mol. The first-order chi connectivity index (χ1) is 8.29. The molecule has 0 fully saturated rings. The number of amidine groups is 1. The standard InChI is InChI=1S/C14H23N3O/c1-14(2,3)18-9-8-17(4)12-7-5-6-11(10-12)13(15)16/h5-7,10H,8-9H2,1-4H3,(H3,15,16). The van der Waals surface area contributed by atoms with Crippen LogP contribution in [-0.2, 0) is 4.74 Å². The van der Waals surface area contributed by atoms with Crippen molar-refractivity contribution < 1.29 is 4.74 Å². The molecule has 0 aromatic heterocycles. The molecule has 0 spiro atoms. The van der Waals surface area contributed by atoms with E-state index in [1.807, 2.05) is 52.1 Å². The first-order valence-electron chi connectivity index (χ1n) is 6.09. The number of nitrogens with one attached hydrogen (secondary N) is 1. The second-order valence-corrected chi connectivity index (χ2v) is 5.35. The summed E-state index contributed by atoms with van der Waals surface area (Å²) in [5.74, 6) is 0.0937. The maximum Gasteiger partial charge on any atom is 0.122 e. The second-order valence-electron chi connectivity index (χ2n) is 5.35. The SMILES string of the molecule is CN(CCOC(C)(C)C)c1cccc(C(=N)N)c1. The molecule has 0 unspecified atom stereocenters. The van der Waals surface area contributed by atoms with Crippen molar-refractivity contribution in [1.82, 2.24) is 0 Å². The normalized spacial score (nSPS) is 11.3. The zero-order valence-electron chi connectivity index (χ0n) is 11.7. The lowest BCUT2D eigenvalue weighted by Gasteiger charge is -2.24. The van der Waals surface area contributed by atoms with Crippen LogP contribution >= 0.6 is 0 Å². The molecule has 1 aromatic carbocycles. The third kappa shape index (κ3) is 4.75. The molecule has 0 bridgehead atoms. The fourth-order valence-electron chi connectivity index (χ4n) is 1.53. The summed E-state index contributed by atoms with van der Waals surface area (Å²) in [5, 5.41) is 7.43. The van der Waals surface area contributed by atoms with Crippen molar-refractivity contribution in [3.05, 3.63) is 29.8 Å². The first kappa shape index (κ1) is 14.5. The highest BCUT2D eigenvalue weighted by molar-refractivity contribution is 5.95. The van der Waals surface area contributed by atoms with Gasteiger partial charge >= 0.3 is 0 Å². The quantitative estimate of drug-likeness (QED) is 0.621. The number of ether oxygens (including phenoxy) is 1. The lowest BCUT2D eigenvalue weighted by molar-refractivity contribution is 0.00168. The summed E-state index contributed by atoms with van der Waals surface area (Å²) < 4.78 is 5.69. The third-order valence-electron chi connectivity index (χ3n) is 2.56. The average molecular weight is 249 g/mol. The summed E-state index contributed by atoms with van der Waals surface area (Å²) in [5.41, 5.74) is 7.16. The summed E-state index contributed by atoms with van der Waals surface area (Å²) in [6.07, 6.45) is 0. The van der Waals surface area contributed by atoms with Gasteiger partial charge in [0.05, 0.1) is 12.2 Å². The molecular formula is C14H23N3O. The second kappa shape index (κ2) is 5.87.